The van der Waals surface area contributed by atoms with Crippen molar-refractivity contribution in [1.82, 2.24) is 15.5 Å². The summed E-state index contributed by atoms with van der Waals surface area (Å²) in [6.45, 7) is 2.43. The van der Waals surface area contributed by atoms with Gasteiger partial charge in [0.2, 0.25) is 0 Å². The van der Waals surface area contributed by atoms with E-state index in [1.807, 2.05) is 6.07 Å². The standard InChI is InChI=1S/C18H29FN4/c1-20-18(22-14-15-7-6-8-16(19)13-15)21-11-12-23(2)17-9-4-3-5-10-17/h6-8,13,17H,3-5,9-12,14H2,1-2H3,(H2,20,21,22). The van der Waals surface area contributed by atoms with E-state index in [-0.39, 0.29) is 5.82 Å². The second-order valence-corrected chi connectivity index (χ2v) is 6.25. The minimum Gasteiger partial charge on any atom is -0.355 e. The third-order valence-electron chi connectivity index (χ3n) is 4.53. The molecule has 1 fully saturated rings. The first-order valence-electron chi connectivity index (χ1n) is 8.58. The van der Waals surface area contributed by atoms with E-state index in [2.05, 4.69) is 27.6 Å². The van der Waals surface area contributed by atoms with Crippen molar-refractivity contribution in [3.05, 3.63) is 35.6 Å². The number of rotatable bonds is 6. The third kappa shape index (κ3) is 6.18. The van der Waals surface area contributed by atoms with Crippen LogP contribution >= 0.6 is 0 Å². The zero-order valence-corrected chi connectivity index (χ0v) is 14.3. The maximum absolute atomic E-state index is 13.2. The average Bonchev–Trinajstić information content (AvgIpc) is 2.58. The van der Waals surface area contributed by atoms with Crippen LogP contribution in [0, 0.1) is 5.82 Å². The largest absolute Gasteiger partial charge is 0.355 e. The summed E-state index contributed by atoms with van der Waals surface area (Å²) in [6.07, 6.45) is 6.75. The lowest BCUT2D eigenvalue weighted by molar-refractivity contribution is 0.194. The molecule has 2 rings (SSSR count). The van der Waals surface area contributed by atoms with Crippen LogP contribution in [0.4, 0.5) is 4.39 Å². The SMILES string of the molecule is CN=C(NCCN(C)C1CCCCC1)NCc1cccc(F)c1. The molecule has 0 amide bonds. The second-order valence-electron chi connectivity index (χ2n) is 6.25. The Bertz CT molecular complexity index is 498. The molecule has 0 aliphatic heterocycles. The number of hydrogen-bond donors (Lipinski definition) is 2. The maximum atomic E-state index is 13.2. The van der Waals surface area contributed by atoms with Crippen LogP contribution in [-0.4, -0.2) is 44.1 Å². The van der Waals surface area contributed by atoms with E-state index < -0.39 is 0 Å². The molecule has 1 aliphatic rings. The Morgan fingerprint density at radius 2 is 2.04 bits per heavy atom. The van der Waals surface area contributed by atoms with Gasteiger partial charge in [0.25, 0.3) is 0 Å². The lowest BCUT2D eigenvalue weighted by atomic mass is 9.94. The molecule has 0 heterocycles. The molecule has 0 unspecified atom stereocenters. The Labute approximate surface area is 139 Å². The number of benzene rings is 1. The van der Waals surface area contributed by atoms with Crippen LogP contribution in [0.1, 0.15) is 37.7 Å². The molecule has 0 spiro atoms. The Hall–Kier alpha value is -1.62. The van der Waals surface area contributed by atoms with Gasteiger partial charge < -0.3 is 15.5 Å². The fraction of sp³-hybridized carbons (Fsp3) is 0.611. The molecule has 1 saturated carbocycles. The van der Waals surface area contributed by atoms with Crippen LogP contribution in [0.25, 0.3) is 0 Å². The first kappa shape index (κ1) is 17.7. The Morgan fingerprint density at radius 3 is 2.74 bits per heavy atom. The summed E-state index contributed by atoms with van der Waals surface area (Å²) < 4.78 is 13.2. The van der Waals surface area contributed by atoms with E-state index in [1.165, 1.54) is 44.2 Å². The monoisotopic (exact) mass is 320 g/mol. The molecule has 23 heavy (non-hydrogen) atoms. The normalized spacial score (nSPS) is 16.6. The van der Waals surface area contributed by atoms with Crippen LogP contribution in [0.5, 0.6) is 0 Å². The molecule has 4 nitrogen and oxygen atoms in total. The third-order valence-corrected chi connectivity index (χ3v) is 4.53. The highest BCUT2D eigenvalue weighted by Gasteiger charge is 2.17. The highest BCUT2D eigenvalue weighted by atomic mass is 19.1. The van der Waals surface area contributed by atoms with E-state index in [0.717, 1.165) is 30.7 Å². The van der Waals surface area contributed by atoms with Crippen LogP contribution in [-0.2, 0) is 6.54 Å². The quantitative estimate of drug-likeness (QED) is 0.625. The minimum absolute atomic E-state index is 0.207. The number of guanidine groups is 1. The fourth-order valence-corrected chi connectivity index (χ4v) is 3.11. The van der Waals surface area contributed by atoms with Crippen molar-refractivity contribution in [2.45, 2.75) is 44.7 Å². The van der Waals surface area contributed by atoms with Gasteiger partial charge in [0.1, 0.15) is 5.82 Å². The molecule has 0 atom stereocenters. The van der Waals surface area contributed by atoms with Crippen molar-refractivity contribution < 1.29 is 4.39 Å². The second kappa shape index (κ2) is 9.50. The first-order chi connectivity index (χ1) is 11.2. The molecule has 0 saturated heterocycles. The summed E-state index contributed by atoms with van der Waals surface area (Å²) in [4.78, 5) is 6.67. The zero-order valence-electron chi connectivity index (χ0n) is 14.3. The van der Waals surface area contributed by atoms with Crippen LogP contribution < -0.4 is 10.6 Å². The number of nitrogens with one attached hydrogen (secondary N) is 2. The summed E-state index contributed by atoms with van der Waals surface area (Å²) in [7, 11) is 3.96. The van der Waals surface area contributed by atoms with Gasteiger partial charge in [0.05, 0.1) is 0 Å². The number of aliphatic imine (C=N–C) groups is 1. The molecule has 0 aromatic heterocycles. The van der Waals surface area contributed by atoms with E-state index >= 15 is 0 Å². The fourth-order valence-electron chi connectivity index (χ4n) is 3.11. The Morgan fingerprint density at radius 1 is 1.26 bits per heavy atom. The van der Waals surface area contributed by atoms with Gasteiger partial charge in [-0.2, -0.15) is 0 Å². The van der Waals surface area contributed by atoms with Crippen molar-refractivity contribution in [1.29, 1.82) is 0 Å². The molecule has 5 heteroatoms. The highest BCUT2D eigenvalue weighted by molar-refractivity contribution is 5.79. The van der Waals surface area contributed by atoms with E-state index in [4.69, 9.17) is 0 Å². The van der Waals surface area contributed by atoms with Crippen molar-refractivity contribution in [2.75, 3.05) is 27.2 Å². The van der Waals surface area contributed by atoms with Gasteiger partial charge in [-0.05, 0) is 37.6 Å². The van der Waals surface area contributed by atoms with Crippen LogP contribution in [0.2, 0.25) is 0 Å². The van der Waals surface area contributed by atoms with Gasteiger partial charge in [-0.25, -0.2) is 4.39 Å². The van der Waals surface area contributed by atoms with Gasteiger partial charge in [-0.15, -0.1) is 0 Å². The van der Waals surface area contributed by atoms with Gasteiger partial charge in [-0.3, -0.25) is 4.99 Å². The topological polar surface area (TPSA) is 39.7 Å². The van der Waals surface area contributed by atoms with Crippen LogP contribution in [0.15, 0.2) is 29.3 Å². The van der Waals surface area contributed by atoms with Crippen molar-refractivity contribution in [3.63, 3.8) is 0 Å². The van der Waals surface area contributed by atoms with Gasteiger partial charge in [0, 0.05) is 32.7 Å². The number of halogens is 1. The molecule has 1 aromatic rings. The molecule has 2 N–H and O–H groups in total. The number of nitrogens with zero attached hydrogens (tertiary/aromatic N) is 2. The van der Waals surface area contributed by atoms with Gasteiger partial charge >= 0.3 is 0 Å². The lowest BCUT2D eigenvalue weighted by Crippen LogP contribution is -2.43. The summed E-state index contributed by atoms with van der Waals surface area (Å²) in [6, 6.07) is 7.35. The lowest BCUT2D eigenvalue weighted by Gasteiger charge is -2.31. The Kier molecular flexibility index (Phi) is 7.33. The molecule has 1 aromatic carbocycles. The summed E-state index contributed by atoms with van der Waals surface area (Å²) in [5.41, 5.74) is 0.910. The summed E-state index contributed by atoms with van der Waals surface area (Å²) >= 11 is 0. The molecule has 0 radical (unpaired) electrons. The Balaban J connectivity index is 1.68. The minimum atomic E-state index is -0.207. The smallest absolute Gasteiger partial charge is 0.191 e. The maximum Gasteiger partial charge on any atom is 0.191 e. The molecular weight excluding hydrogens is 291 g/mol. The number of hydrogen-bond acceptors (Lipinski definition) is 2. The average molecular weight is 320 g/mol. The van der Waals surface area contributed by atoms with Gasteiger partial charge in [0.15, 0.2) is 5.96 Å². The molecule has 1 aliphatic carbocycles. The van der Waals surface area contributed by atoms with E-state index in [1.54, 1.807) is 13.1 Å². The van der Waals surface area contributed by atoms with Crippen LogP contribution in [0.3, 0.4) is 0 Å². The summed E-state index contributed by atoms with van der Waals surface area (Å²) in [5, 5.41) is 6.55. The zero-order chi connectivity index (χ0) is 16.5. The van der Waals surface area contributed by atoms with Gasteiger partial charge in [-0.1, -0.05) is 31.4 Å². The summed E-state index contributed by atoms with van der Waals surface area (Å²) in [5.74, 6) is 0.549. The van der Waals surface area contributed by atoms with Crippen molar-refractivity contribution in [2.24, 2.45) is 4.99 Å². The number of likely N-dealkylation sites (N-methyl/N-ethyl adjacent to an activating group) is 1. The molecule has 128 valence electrons. The predicted molar refractivity (Wildman–Crippen MR) is 94.1 cm³/mol. The molecule has 0 bridgehead atoms. The highest BCUT2D eigenvalue weighted by Crippen LogP contribution is 2.21. The van der Waals surface area contributed by atoms with Crippen molar-refractivity contribution >= 4 is 5.96 Å². The predicted octanol–water partition coefficient (Wildman–Crippen LogP) is 2.76. The van der Waals surface area contributed by atoms with E-state index in [0.29, 0.717) is 6.54 Å². The van der Waals surface area contributed by atoms with Crippen molar-refractivity contribution in [3.8, 4) is 0 Å². The first-order valence-corrected chi connectivity index (χ1v) is 8.58. The molecular formula is C18H29FN4. The van der Waals surface area contributed by atoms with E-state index in [9.17, 15) is 4.39 Å².